The molecule has 81 heavy (non-hydrogen) atoms. The fourth-order valence-electron chi connectivity index (χ4n) is 9.23. The first kappa shape index (κ1) is 57.0. The average Bonchev–Trinajstić information content (AvgIpc) is 4.17. The summed E-state index contributed by atoms with van der Waals surface area (Å²) in [5, 5.41) is 36.2. The Morgan fingerprint density at radius 1 is 0.407 bits per heavy atom. The van der Waals surface area contributed by atoms with Gasteiger partial charge in [0.1, 0.15) is 28.6 Å². The fourth-order valence-corrected chi connectivity index (χ4v) is 9.23. The number of hydrogen-bond donors (Lipinski definition) is 12. The molecule has 0 fully saturated rings. The third kappa shape index (κ3) is 14.0. The number of aliphatic imine (C=N–C) groups is 2. The molecule has 13 N–H and O–H groups in total. The van der Waals surface area contributed by atoms with Gasteiger partial charge in [-0.05, 0) is 189 Å². The van der Waals surface area contributed by atoms with Gasteiger partial charge in [0, 0.05) is 91.1 Å². The van der Waals surface area contributed by atoms with Gasteiger partial charge in [-0.3, -0.25) is 20.3 Å². The topological polar surface area (TPSA) is 273 Å². The van der Waals surface area contributed by atoms with E-state index in [4.69, 9.17) is 45.0 Å². The molecule has 0 amide bonds. The van der Waals surface area contributed by atoms with Crippen molar-refractivity contribution in [1.82, 2.24) is 61.1 Å². The molecule has 9 rings (SSSR count). The Hall–Kier alpha value is -8.72. The quantitative estimate of drug-likeness (QED) is 0.0225. The van der Waals surface area contributed by atoms with E-state index < -0.39 is 0 Å². The monoisotopic (exact) mass is 1100 g/mol. The van der Waals surface area contributed by atoms with E-state index in [9.17, 15) is 0 Å². The van der Waals surface area contributed by atoms with Gasteiger partial charge in [-0.25, -0.2) is 40.6 Å². The summed E-state index contributed by atoms with van der Waals surface area (Å²) in [6.45, 7) is 33.4. The zero-order valence-electron chi connectivity index (χ0n) is 49.6. The van der Waals surface area contributed by atoms with E-state index >= 15 is 0 Å². The summed E-state index contributed by atoms with van der Waals surface area (Å²) in [6.07, 6.45) is 0. The number of fused-ring (bicyclic) bond motifs is 20. The molecule has 0 aliphatic carbocycles. The van der Waals surface area contributed by atoms with Crippen LogP contribution in [0, 0.1) is 0 Å². The normalized spacial score (nSPS) is 13.2. The highest BCUT2D eigenvalue weighted by molar-refractivity contribution is 6.09. The Morgan fingerprint density at radius 2 is 0.778 bits per heavy atom. The molecule has 0 unspecified atom stereocenters. The molecule has 2 aliphatic rings. The third-order valence-corrected chi connectivity index (χ3v) is 12.3. The van der Waals surface area contributed by atoms with Gasteiger partial charge < -0.3 is 41.9 Å². The lowest BCUT2D eigenvalue weighted by atomic mass is 10.1. The summed E-state index contributed by atoms with van der Waals surface area (Å²) in [5.41, 5.74) is 10.6. The van der Waals surface area contributed by atoms with E-state index in [0.29, 0.717) is 63.8 Å². The molecule has 21 heteroatoms. The standard InChI is InChI=1S/C60H79N21/c1-29(2)61-57(62-30(3)4)68-37-17-21-41-45(25-37)53-72-49(41)74-54-47-27-39(70-59(65-33(9)10)66-34(11)12)19-23-43(47)51(76-54)78-56-48-28-40(71-60(67-35(13)14)81-80-36(15)16)20-24-44(48)52(79-56)77-55-46-26-38(18-22-42(46)50(73-53)75-55)69-58(63-31(5)6)64-32(7)8/h17-36,80H,1-16H3,(H2,61,62,68)(H2,63,64,69)(H2,65,66,70)(H2,67,71,81)(H2,72,73,74,75,76,77,78,79)/p+2. The fraction of sp³-hybridized carbons (Fsp3) is 0.400. The van der Waals surface area contributed by atoms with E-state index in [1.54, 1.807) is 0 Å². The van der Waals surface area contributed by atoms with Crippen LogP contribution < -0.4 is 53.0 Å². The van der Waals surface area contributed by atoms with Crippen LogP contribution in [0.3, 0.4) is 0 Å². The van der Waals surface area contributed by atoms with Crippen LogP contribution in [-0.2, 0) is 0 Å². The molecule has 7 aromatic rings. The van der Waals surface area contributed by atoms with Crippen molar-refractivity contribution in [2.75, 3.05) is 21.3 Å². The predicted molar refractivity (Wildman–Crippen MR) is 334 cm³/mol. The van der Waals surface area contributed by atoms with Crippen LogP contribution in [0.4, 0.5) is 22.7 Å². The number of rotatable bonds is 13. The number of nitrogens with two attached hydrogens (primary N) is 1. The van der Waals surface area contributed by atoms with Gasteiger partial charge in [0.2, 0.25) is 0 Å². The summed E-state index contributed by atoms with van der Waals surface area (Å²) in [6, 6.07) is 25.7. The minimum atomic E-state index is 0.0539. The maximum Gasteiger partial charge on any atom is 0.348 e. The molecule has 21 nitrogen and oxygen atoms in total. The maximum absolute atomic E-state index is 5.40. The minimum absolute atomic E-state index is 0.0539. The summed E-state index contributed by atoms with van der Waals surface area (Å²) in [4.78, 5) is 52.7. The molecule has 0 atom stereocenters. The smallest absolute Gasteiger partial charge is 0.348 e. The number of benzene rings is 4. The van der Waals surface area contributed by atoms with Crippen LogP contribution in [0.2, 0.25) is 0 Å². The number of aromatic nitrogens is 8. The first-order chi connectivity index (χ1) is 38.6. The van der Waals surface area contributed by atoms with E-state index in [1.165, 1.54) is 0 Å². The van der Waals surface area contributed by atoms with Gasteiger partial charge in [-0.2, -0.15) is 0 Å². The van der Waals surface area contributed by atoms with Gasteiger partial charge in [0.25, 0.3) is 5.96 Å². The molecule has 4 aromatic carbocycles. The van der Waals surface area contributed by atoms with Gasteiger partial charge in [0.15, 0.2) is 35.2 Å². The largest absolute Gasteiger partial charge is 0.354 e. The van der Waals surface area contributed by atoms with Gasteiger partial charge in [0.05, 0.1) is 17.8 Å². The minimum Gasteiger partial charge on any atom is -0.354 e. The van der Waals surface area contributed by atoms with Crippen LogP contribution in [-0.4, -0.2) is 112 Å². The average molecular weight is 1100 g/mol. The van der Waals surface area contributed by atoms with Gasteiger partial charge >= 0.3 is 5.96 Å². The second-order valence-corrected chi connectivity index (χ2v) is 23.0. The molecule has 0 radical (unpaired) electrons. The number of nitrogens with zero attached hydrogens (tertiary/aromatic N) is 9. The maximum atomic E-state index is 5.40. The Balaban J connectivity index is 1.34. The number of H-pyrrole nitrogens is 2. The summed E-state index contributed by atoms with van der Waals surface area (Å²) in [7, 11) is 0. The second kappa shape index (κ2) is 24.3. The zero-order chi connectivity index (χ0) is 57.8. The summed E-state index contributed by atoms with van der Waals surface area (Å²) < 4.78 is 0. The van der Waals surface area contributed by atoms with Crippen LogP contribution in [0.1, 0.15) is 111 Å². The predicted octanol–water partition coefficient (Wildman–Crippen LogP) is 8.13. The number of guanidine groups is 4. The highest BCUT2D eigenvalue weighted by Gasteiger charge is 2.25. The molecular formula is C60H81N21+2. The van der Waals surface area contributed by atoms with Crippen molar-refractivity contribution in [3.63, 3.8) is 0 Å². The van der Waals surface area contributed by atoms with E-state index in [-0.39, 0.29) is 48.3 Å². The van der Waals surface area contributed by atoms with Crippen molar-refractivity contribution in [2.24, 2.45) is 15.1 Å². The molecule has 3 aromatic heterocycles. The highest BCUT2D eigenvalue weighted by Crippen LogP contribution is 2.39. The number of nitrogens with one attached hydrogen (secondary N) is 11. The lowest BCUT2D eigenvalue weighted by molar-refractivity contribution is -0.689. The Bertz CT molecular complexity index is 3700. The number of quaternary nitrogens is 1. The van der Waals surface area contributed by atoms with Crippen molar-refractivity contribution in [2.45, 2.75) is 159 Å². The van der Waals surface area contributed by atoms with Crippen LogP contribution in [0.25, 0.3) is 89.7 Å². The van der Waals surface area contributed by atoms with Crippen LogP contribution in [0.5, 0.6) is 0 Å². The lowest BCUT2D eigenvalue weighted by Crippen LogP contribution is -2.83. The van der Waals surface area contributed by atoms with E-state index in [2.05, 4.69) is 193 Å². The highest BCUT2D eigenvalue weighted by atomic mass is 15.4. The van der Waals surface area contributed by atoms with Crippen molar-refractivity contribution < 1.29 is 10.4 Å². The van der Waals surface area contributed by atoms with Crippen molar-refractivity contribution in [1.29, 1.82) is 0 Å². The summed E-state index contributed by atoms with van der Waals surface area (Å²) >= 11 is 0. The molecule has 8 bridgehead atoms. The van der Waals surface area contributed by atoms with E-state index in [1.807, 2.05) is 54.0 Å². The van der Waals surface area contributed by atoms with Gasteiger partial charge in [-0.15, -0.1) is 0 Å². The SMILES string of the molecule is CC(C)N=C(Nc1ccc2c(c1)-c1nc-2nc2[nH]c(nc3nc(nc4[nH]c(n1)c1ccc(NC(NC(C)C)=[NH+]C(C)C)cc41)-c1ccc(N/C(=N\[NH2+]C(C)C)NC(C)C)cc1-3)c1ccc(NC(=NC(C)C)NC(C)C)cc21)NC(C)C. The molecule has 2 aliphatic heterocycles. The Morgan fingerprint density at radius 3 is 1.19 bits per heavy atom. The van der Waals surface area contributed by atoms with Crippen molar-refractivity contribution >= 4 is 90.7 Å². The van der Waals surface area contributed by atoms with Gasteiger partial charge in [-0.1, -0.05) is 0 Å². The molecular weight excluding hydrogens is 1010 g/mol. The first-order valence-electron chi connectivity index (χ1n) is 28.3. The first-order valence-corrected chi connectivity index (χ1v) is 28.3. The molecule has 0 saturated heterocycles. The number of anilines is 4. The second-order valence-electron chi connectivity index (χ2n) is 23.0. The van der Waals surface area contributed by atoms with Crippen LogP contribution >= 0.6 is 0 Å². The summed E-state index contributed by atoms with van der Waals surface area (Å²) in [5.74, 6) is 4.62. The van der Waals surface area contributed by atoms with Crippen LogP contribution in [0.15, 0.2) is 87.9 Å². The molecule has 0 saturated carbocycles. The number of hydrogen-bond acceptors (Lipinski definition) is 9. The third-order valence-electron chi connectivity index (χ3n) is 12.3. The lowest BCUT2D eigenvalue weighted by Gasteiger charge is -2.16. The van der Waals surface area contributed by atoms with Crippen molar-refractivity contribution in [3.8, 4) is 45.6 Å². The molecule has 424 valence electrons. The molecule has 5 heterocycles. The van der Waals surface area contributed by atoms with Crippen molar-refractivity contribution in [3.05, 3.63) is 72.8 Å². The number of aromatic amines is 2. The zero-order valence-corrected chi connectivity index (χ0v) is 49.6. The molecule has 0 spiro atoms. The Labute approximate surface area is 474 Å². The van der Waals surface area contributed by atoms with E-state index in [0.717, 1.165) is 72.5 Å². The Kier molecular flexibility index (Phi) is 17.1.